The van der Waals surface area contributed by atoms with Gasteiger partial charge in [-0.2, -0.15) is 9.61 Å². The zero-order valence-corrected chi connectivity index (χ0v) is 16.4. The second-order valence-electron chi connectivity index (χ2n) is 6.91. The molecule has 0 fully saturated rings. The maximum atomic E-state index is 13.4. The molecule has 0 aliphatic rings. The Morgan fingerprint density at radius 1 is 1.10 bits per heavy atom. The highest BCUT2D eigenvalue weighted by Crippen LogP contribution is 2.28. The molecule has 4 heterocycles. The fourth-order valence-electron chi connectivity index (χ4n) is 3.45. The maximum Gasteiger partial charge on any atom is 0.283 e. The summed E-state index contributed by atoms with van der Waals surface area (Å²) in [7, 11) is 1.55. The van der Waals surface area contributed by atoms with Crippen LogP contribution in [0.4, 0.5) is 4.39 Å². The van der Waals surface area contributed by atoms with Crippen LogP contribution in [0.25, 0.3) is 27.9 Å². The smallest absolute Gasteiger partial charge is 0.283 e. The van der Waals surface area contributed by atoms with E-state index >= 15 is 0 Å². The molecule has 0 atom stereocenters. The Bertz CT molecular complexity index is 1450. The van der Waals surface area contributed by atoms with E-state index in [1.54, 1.807) is 37.7 Å². The number of rotatable bonds is 5. The van der Waals surface area contributed by atoms with Gasteiger partial charge in [-0.05, 0) is 29.3 Å². The normalized spacial score (nSPS) is 11.4. The standard InChI is InChI=1S/C21H16FN7O2/c1-31-11-16-17(14-4-6-15(22)7-5-14)19-26-25-18-20(29(19)27-16)24-12-28(21(18)30)10-13-3-2-8-23-9-13/h2-9,12H,10-11H2,1H3. The number of pyridine rings is 1. The monoisotopic (exact) mass is 417 g/mol. The highest BCUT2D eigenvalue weighted by molar-refractivity contribution is 5.83. The lowest BCUT2D eigenvalue weighted by molar-refractivity contribution is 0.181. The molecule has 5 aromatic rings. The second-order valence-corrected chi connectivity index (χ2v) is 6.91. The largest absolute Gasteiger partial charge is 0.378 e. The van der Waals surface area contributed by atoms with Crippen LogP contribution in [0, 0.1) is 5.82 Å². The van der Waals surface area contributed by atoms with E-state index in [4.69, 9.17) is 4.74 Å². The van der Waals surface area contributed by atoms with Crippen molar-refractivity contribution in [1.29, 1.82) is 0 Å². The molecular formula is C21H16FN7O2. The van der Waals surface area contributed by atoms with Crippen LogP contribution in [0.15, 0.2) is 59.9 Å². The van der Waals surface area contributed by atoms with E-state index in [0.717, 1.165) is 5.56 Å². The van der Waals surface area contributed by atoms with Gasteiger partial charge in [-0.3, -0.25) is 14.3 Å². The Morgan fingerprint density at radius 3 is 2.68 bits per heavy atom. The lowest BCUT2D eigenvalue weighted by Gasteiger charge is -2.06. The predicted molar refractivity (Wildman–Crippen MR) is 110 cm³/mol. The first-order valence-electron chi connectivity index (χ1n) is 9.43. The minimum atomic E-state index is -0.346. The molecule has 0 saturated carbocycles. The van der Waals surface area contributed by atoms with Gasteiger partial charge in [-0.15, -0.1) is 10.2 Å². The summed E-state index contributed by atoms with van der Waals surface area (Å²) in [5, 5.41) is 13.0. The van der Waals surface area contributed by atoms with Crippen molar-refractivity contribution in [2.75, 3.05) is 7.11 Å². The highest BCUT2D eigenvalue weighted by atomic mass is 19.1. The van der Waals surface area contributed by atoms with Gasteiger partial charge < -0.3 is 4.74 Å². The van der Waals surface area contributed by atoms with Crippen LogP contribution in [0.5, 0.6) is 0 Å². The average molecular weight is 417 g/mol. The fraction of sp³-hybridized carbons (Fsp3) is 0.143. The summed E-state index contributed by atoms with van der Waals surface area (Å²) in [6.45, 7) is 0.514. The van der Waals surface area contributed by atoms with Crippen molar-refractivity contribution >= 4 is 16.8 Å². The van der Waals surface area contributed by atoms with E-state index < -0.39 is 0 Å². The Kier molecular flexibility index (Phi) is 4.68. The van der Waals surface area contributed by atoms with Crippen LogP contribution in [-0.2, 0) is 17.9 Å². The SMILES string of the molecule is COCc1nn2c(nnc3c(=O)n(Cc4cccnc4)cnc32)c1-c1ccc(F)cc1. The summed E-state index contributed by atoms with van der Waals surface area (Å²) in [5.41, 5.74) is 3.24. The zero-order valence-electron chi connectivity index (χ0n) is 16.4. The lowest BCUT2D eigenvalue weighted by Crippen LogP contribution is -2.23. The number of hydrogen-bond acceptors (Lipinski definition) is 7. The van der Waals surface area contributed by atoms with E-state index in [9.17, 15) is 9.18 Å². The Morgan fingerprint density at radius 2 is 1.94 bits per heavy atom. The van der Waals surface area contributed by atoms with Crippen LogP contribution < -0.4 is 5.56 Å². The summed E-state index contributed by atoms with van der Waals surface area (Å²) in [6, 6.07) is 9.67. The molecule has 154 valence electrons. The number of methoxy groups -OCH3 is 1. The van der Waals surface area contributed by atoms with Crippen molar-refractivity contribution < 1.29 is 9.13 Å². The molecule has 0 amide bonds. The van der Waals surface area contributed by atoms with Gasteiger partial charge >= 0.3 is 0 Å². The van der Waals surface area contributed by atoms with Crippen molar-refractivity contribution in [1.82, 2.24) is 34.3 Å². The van der Waals surface area contributed by atoms with Crippen molar-refractivity contribution in [2.45, 2.75) is 13.2 Å². The number of benzene rings is 1. The lowest BCUT2D eigenvalue weighted by atomic mass is 10.1. The zero-order chi connectivity index (χ0) is 21.4. The van der Waals surface area contributed by atoms with Gasteiger partial charge in [0.25, 0.3) is 5.56 Å². The third-order valence-corrected chi connectivity index (χ3v) is 4.86. The van der Waals surface area contributed by atoms with Gasteiger partial charge in [0.1, 0.15) is 12.1 Å². The van der Waals surface area contributed by atoms with E-state index in [0.29, 0.717) is 29.0 Å². The van der Waals surface area contributed by atoms with E-state index in [1.165, 1.54) is 27.5 Å². The van der Waals surface area contributed by atoms with Crippen LogP contribution in [0.3, 0.4) is 0 Å². The quantitative estimate of drug-likeness (QED) is 0.432. The Balaban J connectivity index is 1.70. The molecular weight excluding hydrogens is 401 g/mol. The summed E-state index contributed by atoms with van der Waals surface area (Å²) >= 11 is 0. The third-order valence-electron chi connectivity index (χ3n) is 4.86. The summed E-state index contributed by atoms with van der Waals surface area (Å²) in [6.07, 6.45) is 4.81. The molecule has 9 nitrogen and oxygen atoms in total. The summed E-state index contributed by atoms with van der Waals surface area (Å²) in [4.78, 5) is 21.5. The molecule has 1 aromatic carbocycles. The van der Waals surface area contributed by atoms with Crippen molar-refractivity contribution in [3.05, 3.63) is 82.5 Å². The van der Waals surface area contributed by atoms with Crippen molar-refractivity contribution in [2.24, 2.45) is 0 Å². The highest BCUT2D eigenvalue weighted by Gasteiger charge is 2.20. The van der Waals surface area contributed by atoms with Crippen molar-refractivity contribution in [3.63, 3.8) is 0 Å². The van der Waals surface area contributed by atoms with E-state index in [-0.39, 0.29) is 29.1 Å². The Labute approximate surface area is 174 Å². The number of hydrogen-bond donors (Lipinski definition) is 0. The molecule has 0 bridgehead atoms. The molecule has 0 N–H and O–H groups in total. The van der Waals surface area contributed by atoms with Crippen LogP contribution in [0.2, 0.25) is 0 Å². The number of nitrogens with zero attached hydrogens (tertiary/aromatic N) is 7. The minimum Gasteiger partial charge on any atom is -0.378 e. The van der Waals surface area contributed by atoms with Crippen molar-refractivity contribution in [3.8, 4) is 11.1 Å². The maximum absolute atomic E-state index is 13.4. The molecule has 0 aliphatic carbocycles. The van der Waals surface area contributed by atoms with Gasteiger partial charge in [0.2, 0.25) is 0 Å². The van der Waals surface area contributed by atoms with Gasteiger partial charge in [0.15, 0.2) is 16.8 Å². The molecule has 0 unspecified atom stereocenters. The number of halogens is 1. The molecule has 5 rings (SSSR count). The van der Waals surface area contributed by atoms with Crippen LogP contribution >= 0.6 is 0 Å². The van der Waals surface area contributed by atoms with Crippen LogP contribution in [-0.4, -0.2) is 41.5 Å². The van der Waals surface area contributed by atoms with E-state index in [1.807, 2.05) is 6.07 Å². The van der Waals surface area contributed by atoms with E-state index in [2.05, 4.69) is 25.3 Å². The number of fused-ring (bicyclic) bond motifs is 3. The molecule has 0 aliphatic heterocycles. The first-order chi connectivity index (χ1) is 15.2. The first-order valence-corrected chi connectivity index (χ1v) is 9.43. The first kappa shape index (κ1) is 18.9. The topological polar surface area (TPSA) is 100 Å². The van der Waals surface area contributed by atoms with Gasteiger partial charge in [0.05, 0.1) is 24.4 Å². The molecule has 10 heteroatoms. The summed E-state index contributed by atoms with van der Waals surface area (Å²) in [5.74, 6) is -0.346. The van der Waals surface area contributed by atoms with Gasteiger partial charge in [-0.25, -0.2) is 9.37 Å². The third kappa shape index (κ3) is 3.32. The van der Waals surface area contributed by atoms with Crippen LogP contribution in [0.1, 0.15) is 11.3 Å². The molecule has 4 aromatic heterocycles. The molecule has 31 heavy (non-hydrogen) atoms. The number of aromatic nitrogens is 7. The minimum absolute atomic E-state index is 0.0935. The van der Waals surface area contributed by atoms with Gasteiger partial charge in [0, 0.05) is 19.5 Å². The summed E-state index contributed by atoms with van der Waals surface area (Å²) < 4.78 is 21.6. The number of ether oxygens (including phenoxy) is 1. The second kappa shape index (κ2) is 7.65. The fourth-order valence-corrected chi connectivity index (χ4v) is 3.45. The molecule has 0 saturated heterocycles. The molecule has 0 radical (unpaired) electrons. The van der Waals surface area contributed by atoms with Gasteiger partial charge in [-0.1, -0.05) is 18.2 Å². The predicted octanol–water partition coefficient (Wildman–Crippen LogP) is 2.23. The Hall–Kier alpha value is -4.05. The average Bonchev–Trinajstić information content (AvgIpc) is 3.15. The molecule has 0 spiro atoms.